The van der Waals surface area contributed by atoms with Crippen molar-refractivity contribution in [3.8, 4) is 5.88 Å². The van der Waals surface area contributed by atoms with Crippen LogP contribution in [0, 0.1) is 0 Å². The maximum atomic E-state index is 10.9. The fraction of sp³-hybridized carbons (Fsp3) is 0.400. The van der Waals surface area contributed by atoms with Crippen molar-refractivity contribution in [2.75, 3.05) is 13.6 Å². The van der Waals surface area contributed by atoms with Gasteiger partial charge in [0.05, 0.1) is 0 Å². The molecule has 0 aliphatic carbocycles. The van der Waals surface area contributed by atoms with Gasteiger partial charge in [-0.1, -0.05) is 6.07 Å². The Bertz CT molecular complexity index is 341. The summed E-state index contributed by atoms with van der Waals surface area (Å²) < 4.78 is 5.46. The molecule has 0 saturated heterocycles. The third kappa shape index (κ3) is 3.55. The molecule has 5 nitrogen and oxygen atoms in total. The summed E-state index contributed by atoms with van der Waals surface area (Å²) in [6.45, 7) is 2.62. The predicted octanol–water partition coefficient (Wildman–Crippen LogP) is 0.167. The molecule has 0 spiro atoms. The predicted molar refractivity (Wildman–Crippen MR) is 56.8 cm³/mol. The number of hydrogen-bond donors (Lipinski definition) is 2. The minimum absolute atomic E-state index is 0.00868. The second kappa shape index (κ2) is 5.31. The van der Waals surface area contributed by atoms with Crippen molar-refractivity contribution >= 4 is 5.91 Å². The summed E-state index contributed by atoms with van der Waals surface area (Å²) in [6, 6.07) is 4.94. The number of nitrogens with zero attached hydrogens (tertiary/aromatic N) is 1. The van der Waals surface area contributed by atoms with E-state index in [4.69, 9.17) is 10.5 Å². The van der Waals surface area contributed by atoms with Crippen LogP contribution < -0.4 is 15.8 Å². The molecule has 1 rings (SSSR count). The van der Waals surface area contributed by atoms with Gasteiger partial charge >= 0.3 is 0 Å². The number of amides is 1. The van der Waals surface area contributed by atoms with Gasteiger partial charge in [-0.3, -0.25) is 4.79 Å². The number of likely N-dealkylation sites (N-methyl/N-ethyl adjacent to an activating group) is 1. The molecule has 0 radical (unpaired) electrons. The van der Waals surface area contributed by atoms with Crippen LogP contribution in [0.4, 0.5) is 0 Å². The SMILES string of the molecule is CNCC(C)Oc1cccc(C(N)=O)n1. The minimum Gasteiger partial charge on any atom is -0.473 e. The van der Waals surface area contributed by atoms with Crippen molar-refractivity contribution in [2.24, 2.45) is 5.73 Å². The Balaban J connectivity index is 2.69. The van der Waals surface area contributed by atoms with E-state index in [1.54, 1.807) is 18.2 Å². The summed E-state index contributed by atoms with van der Waals surface area (Å²) in [6.07, 6.45) is -0.00868. The zero-order chi connectivity index (χ0) is 11.3. The Hall–Kier alpha value is -1.62. The van der Waals surface area contributed by atoms with Crippen molar-refractivity contribution in [3.63, 3.8) is 0 Å². The van der Waals surface area contributed by atoms with Gasteiger partial charge in [0.15, 0.2) is 0 Å². The quantitative estimate of drug-likeness (QED) is 0.724. The highest BCUT2D eigenvalue weighted by Gasteiger charge is 2.06. The van der Waals surface area contributed by atoms with Gasteiger partial charge < -0.3 is 15.8 Å². The van der Waals surface area contributed by atoms with Gasteiger partial charge in [0.1, 0.15) is 11.8 Å². The average molecular weight is 209 g/mol. The summed E-state index contributed by atoms with van der Waals surface area (Å²) in [4.78, 5) is 14.8. The van der Waals surface area contributed by atoms with Crippen molar-refractivity contribution in [1.82, 2.24) is 10.3 Å². The zero-order valence-electron chi connectivity index (χ0n) is 8.86. The topological polar surface area (TPSA) is 77.2 Å². The minimum atomic E-state index is -0.554. The van der Waals surface area contributed by atoms with Gasteiger partial charge in [-0.05, 0) is 20.0 Å². The lowest BCUT2D eigenvalue weighted by molar-refractivity contribution is 0.0993. The second-order valence-electron chi connectivity index (χ2n) is 3.21. The Labute approximate surface area is 88.6 Å². The van der Waals surface area contributed by atoms with E-state index >= 15 is 0 Å². The first-order valence-electron chi connectivity index (χ1n) is 4.71. The smallest absolute Gasteiger partial charge is 0.267 e. The maximum Gasteiger partial charge on any atom is 0.267 e. The average Bonchev–Trinajstić information content (AvgIpc) is 2.18. The van der Waals surface area contributed by atoms with Crippen LogP contribution in [0.1, 0.15) is 17.4 Å². The van der Waals surface area contributed by atoms with Gasteiger partial charge in [0.2, 0.25) is 5.88 Å². The number of hydrogen-bond acceptors (Lipinski definition) is 4. The molecule has 5 heteroatoms. The number of rotatable bonds is 5. The van der Waals surface area contributed by atoms with E-state index in [9.17, 15) is 4.79 Å². The lowest BCUT2D eigenvalue weighted by atomic mass is 10.3. The monoisotopic (exact) mass is 209 g/mol. The van der Waals surface area contributed by atoms with E-state index in [-0.39, 0.29) is 11.8 Å². The molecule has 1 amide bonds. The Kier molecular flexibility index (Phi) is 4.05. The molecular formula is C10H15N3O2. The largest absolute Gasteiger partial charge is 0.473 e. The lowest BCUT2D eigenvalue weighted by Gasteiger charge is -2.13. The van der Waals surface area contributed by atoms with Gasteiger partial charge in [-0.15, -0.1) is 0 Å². The van der Waals surface area contributed by atoms with E-state index in [1.807, 2.05) is 14.0 Å². The lowest BCUT2D eigenvalue weighted by Crippen LogP contribution is -2.26. The molecule has 0 fully saturated rings. The highest BCUT2D eigenvalue weighted by molar-refractivity contribution is 5.90. The van der Waals surface area contributed by atoms with E-state index in [0.29, 0.717) is 12.4 Å². The summed E-state index contributed by atoms with van der Waals surface area (Å²) in [5.41, 5.74) is 5.31. The molecule has 1 heterocycles. The molecular weight excluding hydrogens is 194 g/mol. The van der Waals surface area contributed by atoms with Crippen LogP contribution in [0.2, 0.25) is 0 Å². The molecule has 1 unspecified atom stereocenters. The molecule has 0 aromatic carbocycles. The summed E-state index contributed by atoms with van der Waals surface area (Å²) in [5.74, 6) is -0.143. The van der Waals surface area contributed by atoms with E-state index in [2.05, 4.69) is 10.3 Å². The number of carbonyl (C=O) groups excluding carboxylic acids is 1. The van der Waals surface area contributed by atoms with Crippen LogP contribution in [0.25, 0.3) is 0 Å². The normalized spacial score (nSPS) is 12.1. The molecule has 0 bridgehead atoms. The van der Waals surface area contributed by atoms with Crippen molar-refractivity contribution in [3.05, 3.63) is 23.9 Å². The molecule has 1 atom stereocenters. The number of ether oxygens (including phenoxy) is 1. The molecule has 0 aliphatic rings. The fourth-order valence-electron chi connectivity index (χ4n) is 1.15. The molecule has 1 aromatic rings. The summed E-state index contributed by atoms with van der Waals surface area (Å²) in [5, 5.41) is 2.98. The molecule has 3 N–H and O–H groups in total. The van der Waals surface area contributed by atoms with E-state index in [1.165, 1.54) is 0 Å². The molecule has 82 valence electrons. The first-order valence-corrected chi connectivity index (χ1v) is 4.71. The molecule has 1 aromatic heterocycles. The van der Waals surface area contributed by atoms with Gasteiger partial charge in [0.25, 0.3) is 5.91 Å². The highest BCUT2D eigenvalue weighted by Crippen LogP contribution is 2.09. The standard InChI is InChI=1S/C10H15N3O2/c1-7(6-12-2)15-9-5-3-4-8(13-9)10(11)14/h3-5,7,12H,6H2,1-2H3,(H2,11,14). The summed E-state index contributed by atoms with van der Waals surface area (Å²) >= 11 is 0. The van der Waals surface area contributed by atoms with Crippen LogP contribution in [0.3, 0.4) is 0 Å². The number of carbonyl (C=O) groups is 1. The van der Waals surface area contributed by atoms with Crippen molar-refractivity contribution in [2.45, 2.75) is 13.0 Å². The highest BCUT2D eigenvalue weighted by atomic mass is 16.5. The van der Waals surface area contributed by atoms with Crippen LogP contribution in [0.5, 0.6) is 5.88 Å². The Morgan fingerprint density at radius 1 is 1.67 bits per heavy atom. The summed E-state index contributed by atoms with van der Waals surface area (Å²) in [7, 11) is 1.84. The fourth-order valence-corrected chi connectivity index (χ4v) is 1.15. The number of primary amides is 1. The molecule has 0 saturated carbocycles. The van der Waals surface area contributed by atoms with Gasteiger partial charge in [0, 0.05) is 12.6 Å². The van der Waals surface area contributed by atoms with Crippen molar-refractivity contribution < 1.29 is 9.53 Å². The number of nitrogens with one attached hydrogen (secondary N) is 1. The number of nitrogens with two attached hydrogens (primary N) is 1. The van der Waals surface area contributed by atoms with Crippen LogP contribution in [-0.4, -0.2) is 30.6 Å². The zero-order valence-corrected chi connectivity index (χ0v) is 8.86. The van der Waals surface area contributed by atoms with E-state index < -0.39 is 5.91 Å². The first-order chi connectivity index (χ1) is 7.13. The molecule has 0 aliphatic heterocycles. The van der Waals surface area contributed by atoms with Crippen LogP contribution in [-0.2, 0) is 0 Å². The third-order valence-electron chi connectivity index (χ3n) is 1.79. The third-order valence-corrected chi connectivity index (χ3v) is 1.79. The Morgan fingerprint density at radius 2 is 2.40 bits per heavy atom. The number of pyridine rings is 1. The van der Waals surface area contributed by atoms with Crippen LogP contribution >= 0.6 is 0 Å². The first kappa shape index (κ1) is 11.5. The number of aromatic nitrogens is 1. The second-order valence-corrected chi connectivity index (χ2v) is 3.21. The van der Waals surface area contributed by atoms with Crippen LogP contribution in [0.15, 0.2) is 18.2 Å². The van der Waals surface area contributed by atoms with Crippen molar-refractivity contribution in [1.29, 1.82) is 0 Å². The Morgan fingerprint density at radius 3 is 3.00 bits per heavy atom. The maximum absolute atomic E-state index is 10.9. The molecule has 15 heavy (non-hydrogen) atoms. The van der Waals surface area contributed by atoms with Gasteiger partial charge in [-0.2, -0.15) is 0 Å². The van der Waals surface area contributed by atoms with Gasteiger partial charge in [-0.25, -0.2) is 4.98 Å². The van der Waals surface area contributed by atoms with E-state index in [0.717, 1.165) is 0 Å².